The number of amides is 4. The molecular weight excluding hydrogens is 382 g/mol. The van der Waals surface area contributed by atoms with Crippen molar-refractivity contribution in [3.8, 4) is 5.75 Å². The highest BCUT2D eigenvalue weighted by atomic mass is 35.5. The predicted molar refractivity (Wildman–Crippen MR) is 104 cm³/mol. The van der Waals surface area contributed by atoms with Crippen LogP contribution in [0.1, 0.15) is 16.7 Å². The summed E-state index contributed by atoms with van der Waals surface area (Å²) in [5, 5.41) is 2.82. The number of rotatable bonds is 6. The van der Waals surface area contributed by atoms with E-state index in [0.717, 1.165) is 16.0 Å². The molecule has 4 amide bonds. The number of urea groups is 1. The van der Waals surface area contributed by atoms with Gasteiger partial charge in [-0.15, -0.1) is 0 Å². The van der Waals surface area contributed by atoms with Crippen molar-refractivity contribution < 1.29 is 19.1 Å². The summed E-state index contributed by atoms with van der Waals surface area (Å²) < 4.78 is 5.18. The fourth-order valence-corrected chi connectivity index (χ4v) is 2.87. The zero-order valence-electron chi connectivity index (χ0n) is 15.1. The Bertz CT molecular complexity index is 970. The number of nitrogens with zero attached hydrogens (tertiary/aromatic N) is 1. The molecule has 1 saturated heterocycles. The fourth-order valence-electron chi connectivity index (χ4n) is 2.63. The normalized spacial score (nSPS) is 15.1. The number of ether oxygens (including phenoxy) is 1. The van der Waals surface area contributed by atoms with Crippen LogP contribution in [0.3, 0.4) is 0 Å². The van der Waals surface area contributed by atoms with Crippen molar-refractivity contribution in [2.45, 2.75) is 13.5 Å². The van der Waals surface area contributed by atoms with Crippen LogP contribution < -0.4 is 15.8 Å². The number of benzene rings is 2. The number of nitrogens with one attached hydrogen (secondary N) is 1. The summed E-state index contributed by atoms with van der Waals surface area (Å²) in [7, 11) is 0. The SMILES string of the molecule is Cc1ccc(CN2C(=O)NC(=Cc3ccc(OCC(N)=O)c(Cl)c3)C2=O)cc1. The number of carbonyl (C=O) groups excluding carboxylic acids is 3. The van der Waals surface area contributed by atoms with Gasteiger partial charge in [-0.3, -0.25) is 14.5 Å². The zero-order valence-corrected chi connectivity index (χ0v) is 15.8. The molecule has 0 spiro atoms. The number of hydrogen-bond donors (Lipinski definition) is 2. The lowest BCUT2D eigenvalue weighted by Gasteiger charge is -2.11. The minimum absolute atomic E-state index is 0.152. The van der Waals surface area contributed by atoms with Crippen molar-refractivity contribution in [2.75, 3.05) is 6.61 Å². The lowest BCUT2D eigenvalue weighted by atomic mass is 10.1. The standard InChI is InChI=1S/C20H18ClN3O4/c1-12-2-4-13(5-3-12)10-24-19(26)16(23-20(24)27)9-14-6-7-17(15(21)8-14)28-11-18(22)25/h2-9H,10-11H2,1H3,(H2,22,25)(H,23,27). The van der Waals surface area contributed by atoms with Gasteiger partial charge in [0.1, 0.15) is 11.4 Å². The molecule has 144 valence electrons. The molecule has 7 nitrogen and oxygen atoms in total. The highest BCUT2D eigenvalue weighted by molar-refractivity contribution is 6.32. The molecule has 3 rings (SSSR count). The summed E-state index contributed by atoms with van der Waals surface area (Å²) in [6, 6.07) is 11.9. The molecular formula is C20H18ClN3O4. The largest absolute Gasteiger partial charge is 0.482 e. The van der Waals surface area contributed by atoms with Gasteiger partial charge in [0, 0.05) is 0 Å². The van der Waals surface area contributed by atoms with Gasteiger partial charge >= 0.3 is 6.03 Å². The van der Waals surface area contributed by atoms with E-state index in [-0.39, 0.29) is 23.9 Å². The van der Waals surface area contributed by atoms with Crippen LogP contribution in [0.15, 0.2) is 48.2 Å². The number of aryl methyl sites for hydroxylation is 1. The number of hydrogen-bond acceptors (Lipinski definition) is 4. The van der Waals surface area contributed by atoms with E-state index < -0.39 is 17.8 Å². The molecule has 2 aromatic carbocycles. The topological polar surface area (TPSA) is 102 Å². The number of primary amides is 1. The Morgan fingerprint density at radius 3 is 2.57 bits per heavy atom. The van der Waals surface area contributed by atoms with E-state index in [4.69, 9.17) is 22.1 Å². The van der Waals surface area contributed by atoms with Crippen LogP contribution in [0, 0.1) is 6.92 Å². The first kappa shape index (κ1) is 19.4. The second-order valence-corrected chi connectivity index (χ2v) is 6.72. The highest BCUT2D eigenvalue weighted by Gasteiger charge is 2.33. The van der Waals surface area contributed by atoms with Crippen LogP contribution in [0.4, 0.5) is 4.79 Å². The summed E-state index contributed by atoms with van der Waals surface area (Å²) >= 11 is 6.12. The lowest BCUT2D eigenvalue weighted by Crippen LogP contribution is -2.30. The molecule has 1 heterocycles. The van der Waals surface area contributed by atoms with Crippen LogP contribution in [0.5, 0.6) is 5.75 Å². The van der Waals surface area contributed by atoms with Crippen molar-refractivity contribution in [3.05, 3.63) is 69.9 Å². The van der Waals surface area contributed by atoms with E-state index in [1.165, 1.54) is 6.08 Å². The fraction of sp³-hybridized carbons (Fsp3) is 0.150. The van der Waals surface area contributed by atoms with Crippen LogP contribution in [-0.2, 0) is 16.1 Å². The molecule has 0 aliphatic carbocycles. The summed E-state index contributed by atoms with van der Waals surface area (Å²) in [5.41, 5.74) is 7.74. The molecule has 8 heteroatoms. The van der Waals surface area contributed by atoms with Crippen molar-refractivity contribution in [3.63, 3.8) is 0 Å². The quantitative estimate of drug-likeness (QED) is 0.575. The molecule has 2 aromatic rings. The number of imide groups is 1. The monoisotopic (exact) mass is 399 g/mol. The maximum absolute atomic E-state index is 12.6. The third-order valence-electron chi connectivity index (χ3n) is 4.06. The van der Waals surface area contributed by atoms with E-state index in [1.54, 1.807) is 18.2 Å². The van der Waals surface area contributed by atoms with Gasteiger partial charge in [-0.05, 0) is 36.3 Å². The molecule has 0 aromatic heterocycles. The first-order valence-corrected chi connectivity index (χ1v) is 8.82. The van der Waals surface area contributed by atoms with Gasteiger partial charge in [0.2, 0.25) is 0 Å². The molecule has 3 N–H and O–H groups in total. The van der Waals surface area contributed by atoms with Crippen LogP contribution >= 0.6 is 11.6 Å². The molecule has 1 fully saturated rings. The second kappa shape index (κ2) is 8.14. The summed E-state index contributed by atoms with van der Waals surface area (Å²) in [4.78, 5) is 36.7. The van der Waals surface area contributed by atoms with E-state index in [0.29, 0.717) is 11.3 Å². The summed E-state index contributed by atoms with van der Waals surface area (Å²) in [5.74, 6) is -0.739. The minimum Gasteiger partial charge on any atom is -0.482 e. The molecule has 0 radical (unpaired) electrons. The van der Waals surface area contributed by atoms with Crippen LogP contribution in [0.25, 0.3) is 6.08 Å². The smallest absolute Gasteiger partial charge is 0.329 e. The highest BCUT2D eigenvalue weighted by Crippen LogP contribution is 2.27. The van der Waals surface area contributed by atoms with Gasteiger partial charge in [0.15, 0.2) is 6.61 Å². The van der Waals surface area contributed by atoms with Gasteiger partial charge in [0.05, 0.1) is 11.6 Å². The lowest BCUT2D eigenvalue weighted by molar-refractivity contribution is -0.123. The summed E-state index contributed by atoms with van der Waals surface area (Å²) in [6.45, 7) is 1.86. The number of nitrogens with two attached hydrogens (primary N) is 1. The molecule has 0 unspecified atom stereocenters. The first-order valence-electron chi connectivity index (χ1n) is 8.44. The van der Waals surface area contributed by atoms with E-state index in [1.807, 2.05) is 31.2 Å². The molecule has 1 aliphatic rings. The second-order valence-electron chi connectivity index (χ2n) is 6.31. The average Bonchev–Trinajstić information content (AvgIpc) is 2.90. The molecule has 1 aliphatic heterocycles. The Hall–Kier alpha value is -3.32. The van der Waals surface area contributed by atoms with Crippen LogP contribution in [-0.4, -0.2) is 29.4 Å². The Labute approximate surface area is 166 Å². The first-order chi connectivity index (χ1) is 13.3. The maximum atomic E-state index is 12.6. The molecule has 28 heavy (non-hydrogen) atoms. The third-order valence-corrected chi connectivity index (χ3v) is 4.36. The van der Waals surface area contributed by atoms with Gasteiger partial charge in [-0.2, -0.15) is 0 Å². The zero-order chi connectivity index (χ0) is 20.3. The van der Waals surface area contributed by atoms with Gasteiger partial charge in [0.25, 0.3) is 11.8 Å². The van der Waals surface area contributed by atoms with E-state index >= 15 is 0 Å². The Kier molecular flexibility index (Phi) is 5.65. The maximum Gasteiger partial charge on any atom is 0.329 e. The van der Waals surface area contributed by atoms with Gasteiger partial charge in [-0.1, -0.05) is 47.5 Å². The third kappa shape index (κ3) is 4.50. The Balaban J connectivity index is 1.75. The predicted octanol–water partition coefficient (Wildman–Crippen LogP) is 2.61. The van der Waals surface area contributed by atoms with E-state index in [9.17, 15) is 14.4 Å². The van der Waals surface area contributed by atoms with Crippen molar-refractivity contribution >= 4 is 35.5 Å². The van der Waals surface area contributed by atoms with Crippen LogP contribution in [0.2, 0.25) is 5.02 Å². The van der Waals surface area contributed by atoms with Crippen molar-refractivity contribution in [1.82, 2.24) is 10.2 Å². The number of halogens is 1. The minimum atomic E-state index is -0.616. The average molecular weight is 400 g/mol. The molecule has 0 saturated carbocycles. The number of carbonyl (C=O) groups is 3. The molecule has 0 bridgehead atoms. The van der Waals surface area contributed by atoms with Crippen molar-refractivity contribution in [1.29, 1.82) is 0 Å². The Morgan fingerprint density at radius 1 is 1.21 bits per heavy atom. The summed E-state index contributed by atoms with van der Waals surface area (Å²) in [6.07, 6.45) is 1.53. The Morgan fingerprint density at radius 2 is 1.93 bits per heavy atom. The van der Waals surface area contributed by atoms with Gasteiger partial charge in [-0.25, -0.2) is 4.79 Å². The van der Waals surface area contributed by atoms with Crippen molar-refractivity contribution in [2.24, 2.45) is 5.73 Å². The van der Waals surface area contributed by atoms with E-state index in [2.05, 4.69) is 5.32 Å². The van der Waals surface area contributed by atoms with Gasteiger partial charge < -0.3 is 15.8 Å². The molecule has 0 atom stereocenters.